The summed E-state index contributed by atoms with van der Waals surface area (Å²) in [6.45, 7) is 1.81. The van der Waals surface area contributed by atoms with Crippen molar-refractivity contribution in [3.8, 4) is 0 Å². The molecule has 0 fully saturated rings. The number of carboxylic acid groups (broad SMARTS) is 1. The van der Waals surface area contributed by atoms with Crippen molar-refractivity contribution in [2.24, 2.45) is 0 Å². The van der Waals surface area contributed by atoms with Crippen LogP contribution in [0.25, 0.3) is 0 Å². The third-order valence-corrected chi connectivity index (χ3v) is 2.68. The van der Waals surface area contributed by atoms with Crippen LogP contribution in [-0.2, 0) is 4.79 Å². The van der Waals surface area contributed by atoms with Gasteiger partial charge in [0.25, 0.3) is 0 Å². The summed E-state index contributed by atoms with van der Waals surface area (Å²) in [5.74, 6) is -0.689. The smallest absolute Gasteiger partial charge is 0.303 e. The number of allylic oxidation sites excluding steroid dienone is 2. The standard InChI is InChI=1S/C14H26O3/c1-13(15)11-9-7-5-3-2-4-6-8-10-12-14(16)17/h5,7,13,15H,2-4,6,8-12H2,1H3,(H,16,17). The molecule has 0 amide bonds. The Morgan fingerprint density at radius 1 is 1.06 bits per heavy atom. The lowest BCUT2D eigenvalue weighted by Crippen LogP contribution is -1.96. The van der Waals surface area contributed by atoms with E-state index in [0.29, 0.717) is 6.42 Å². The summed E-state index contributed by atoms with van der Waals surface area (Å²) in [7, 11) is 0. The summed E-state index contributed by atoms with van der Waals surface area (Å²) in [5.41, 5.74) is 0. The number of aliphatic hydroxyl groups excluding tert-OH is 1. The van der Waals surface area contributed by atoms with Crippen LogP contribution in [0, 0.1) is 0 Å². The van der Waals surface area contributed by atoms with E-state index in [1.54, 1.807) is 0 Å². The molecule has 1 atom stereocenters. The molecule has 0 radical (unpaired) electrons. The molecule has 3 nitrogen and oxygen atoms in total. The average Bonchev–Trinajstić information content (AvgIpc) is 2.25. The number of aliphatic hydroxyl groups is 1. The van der Waals surface area contributed by atoms with E-state index in [0.717, 1.165) is 38.5 Å². The molecule has 0 aliphatic carbocycles. The first kappa shape index (κ1) is 16.2. The van der Waals surface area contributed by atoms with E-state index in [-0.39, 0.29) is 6.10 Å². The summed E-state index contributed by atoms with van der Waals surface area (Å²) in [5, 5.41) is 17.5. The van der Waals surface area contributed by atoms with E-state index in [4.69, 9.17) is 10.2 Å². The van der Waals surface area contributed by atoms with Crippen molar-refractivity contribution in [2.75, 3.05) is 0 Å². The van der Waals surface area contributed by atoms with Crippen LogP contribution in [0.5, 0.6) is 0 Å². The molecule has 0 heterocycles. The van der Waals surface area contributed by atoms with E-state index in [1.165, 1.54) is 12.8 Å². The zero-order chi connectivity index (χ0) is 12.9. The number of carbonyl (C=O) groups is 1. The van der Waals surface area contributed by atoms with Crippen molar-refractivity contribution in [1.29, 1.82) is 0 Å². The second kappa shape index (κ2) is 11.6. The molecule has 0 spiro atoms. The second-order valence-corrected chi connectivity index (χ2v) is 4.60. The molecule has 17 heavy (non-hydrogen) atoms. The van der Waals surface area contributed by atoms with Crippen LogP contribution >= 0.6 is 0 Å². The SMILES string of the molecule is CC(O)CCC=CCCCCCCCC(=O)O. The quantitative estimate of drug-likeness (QED) is 0.430. The van der Waals surface area contributed by atoms with E-state index in [2.05, 4.69) is 12.2 Å². The van der Waals surface area contributed by atoms with Gasteiger partial charge in [-0.2, -0.15) is 0 Å². The molecule has 0 saturated carbocycles. The number of unbranched alkanes of at least 4 members (excludes halogenated alkanes) is 5. The average molecular weight is 242 g/mol. The van der Waals surface area contributed by atoms with Gasteiger partial charge in [0.2, 0.25) is 0 Å². The fraction of sp³-hybridized carbons (Fsp3) is 0.786. The van der Waals surface area contributed by atoms with Crippen molar-refractivity contribution in [2.45, 2.75) is 70.8 Å². The lowest BCUT2D eigenvalue weighted by Gasteiger charge is -1.99. The third-order valence-electron chi connectivity index (χ3n) is 2.68. The van der Waals surface area contributed by atoms with Gasteiger partial charge in [-0.15, -0.1) is 0 Å². The summed E-state index contributed by atoms with van der Waals surface area (Å²) >= 11 is 0. The Kier molecular flexibility index (Phi) is 11.1. The summed E-state index contributed by atoms with van der Waals surface area (Å²) in [6.07, 6.45) is 12.6. The van der Waals surface area contributed by atoms with Gasteiger partial charge in [0, 0.05) is 6.42 Å². The zero-order valence-electron chi connectivity index (χ0n) is 10.9. The van der Waals surface area contributed by atoms with Crippen molar-refractivity contribution < 1.29 is 15.0 Å². The lowest BCUT2D eigenvalue weighted by atomic mass is 10.1. The molecule has 0 aromatic heterocycles. The van der Waals surface area contributed by atoms with Crippen molar-refractivity contribution in [3.05, 3.63) is 12.2 Å². The number of aliphatic carboxylic acids is 1. The fourth-order valence-corrected chi connectivity index (χ4v) is 1.64. The molecule has 0 aromatic carbocycles. The minimum atomic E-state index is -0.689. The Bertz CT molecular complexity index is 210. The predicted molar refractivity (Wildman–Crippen MR) is 70.0 cm³/mol. The number of carboxylic acids is 1. The monoisotopic (exact) mass is 242 g/mol. The summed E-state index contributed by atoms with van der Waals surface area (Å²) < 4.78 is 0. The van der Waals surface area contributed by atoms with Crippen LogP contribution in [0.4, 0.5) is 0 Å². The van der Waals surface area contributed by atoms with E-state index >= 15 is 0 Å². The van der Waals surface area contributed by atoms with Crippen LogP contribution in [0.1, 0.15) is 64.7 Å². The highest BCUT2D eigenvalue weighted by atomic mass is 16.4. The molecule has 1 unspecified atom stereocenters. The Labute approximate surface area is 105 Å². The molecule has 100 valence electrons. The molecule has 0 bridgehead atoms. The minimum Gasteiger partial charge on any atom is -0.481 e. The van der Waals surface area contributed by atoms with Gasteiger partial charge in [0.15, 0.2) is 0 Å². The van der Waals surface area contributed by atoms with Crippen LogP contribution in [0.15, 0.2) is 12.2 Å². The lowest BCUT2D eigenvalue weighted by molar-refractivity contribution is -0.137. The van der Waals surface area contributed by atoms with E-state index in [9.17, 15) is 4.79 Å². The minimum absolute atomic E-state index is 0.200. The van der Waals surface area contributed by atoms with Gasteiger partial charge in [-0.1, -0.05) is 31.4 Å². The van der Waals surface area contributed by atoms with Gasteiger partial charge < -0.3 is 10.2 Å². The molecule has 0 rings (SSSR count). The van der Waals surface area contributed by atoms with Crippen LogP contribution in [0.2, 0.25) is 0 Å². The van der Waals surface area contributed by atoms with Gasteiger partial charge in [0.05, 0.1) is 6.10 Å². The van der Waals surface area contributed by atoms with Crippen molar-refractivity contribution in [1.82, 2.24) is 0 Å². The van der Waals surface area contributed by atoms with Gasteiger partial charge >= 0.3 is 5.97 Å². The largest absolute Gasteiger partial charge is 0.481 e. The Morgan fingerprint density at radius 2 is 1.65 bits per heavy atom. The molecule has 0 aliphatic heterocycles. The highest BCUT2D eigenvalue weighted by molar-refractivity contribution is 5.66. The topological polar surface area (TPSA) is 57.5 Å². The maximum Gasteiger partial charge on any atom is 0.303 e. The van der Waals surface area contributed by atoms with Crippen molar-refractivity contribution >= 4 is 5.97 Å². The number of rotatable bonds is 11. The first-order valence-electron chi connectivity index (χ1n) is 6.67. The number of hydrogen-bond acceptors (Lipinski definition) is 2. The molecular weight excluding hydrogens is 216 g/mol. The van der Waals surface area contributed by atoms with E-state index < -0.39 is 5.97 Å². The van der Waals surface area contributed by atoms with Crippen LogP contribution in [-0.4, -0.2) is 22.3 Å². The van der Waals surface area contributed by atoms with Crippen LogP contribution < -0.4 is 0 Å². The highest BCUT2D eigenvalue weighted by Gasteiger charge is 1.96. The molecular formula is C14H26O3. The second-order valence-electron chi connectivity index (χ2n) is 4.60. The first-order chi connectivity index (χ1) is 8.13. The van der Waals surface area contributed by atoms with Crippen LogP contribution in [0.3, 0.4) is 0 Å². The Hall–Kier alpha value is -0.830. The zero-order valence-corrected chi connectivity index (χ0v) is 10.9. The third kappa shape index (κ3) is 15.2. The maximum absolute atomic E-state index is 10.3. The summed E-state index contributed by atoms with van der Waals surface area (Å²) in [6, 6.07) is 0. The van der Waals surface area contributed by atoms with Gasteiger partial charge in [-0.25, -0.2) is 0 Å². The van der Waals surface area contributed by atoms with Gasteiger partial charge in [-0.05, 0) is 39.0 Å². The first-order valence-corrected chi connectivity index (χ1v) is 6.67. The van der Waals surface area contributed by atoms with Gasteiger partial charge in [0.1, 0.15) is 0 Å². The molecule has 2 N–H and O–H groups in total. The van der Waals surface area contributed by atoms with Gasteiger partial charge in [-0.3, -0.25) is 4.79 Å². The Morgan fingerprint density at radius 3 is 2.29 bits per heavy atom. The molecule has 0 aromatic rings. The molecule has 3 heteroatoms. The summed E-state index contributed by atoms with van der Waals surface area (Å²) in [4.78, 5) is 10.3. The van der Waals surface area contributed by atoms with Crippen molar-refractivity contribution in [3.63, 3.8) is 0 Å². The fourth-order valence-electron chi connectivity index (χ4n) is 1.64. The number of hydrogen-bond donors (Lipinski definition) is 2. The molecule has 0 aliphatic rings. The molecule has 0 saturated heterocycles. The van der Waals surface area contributed by atoms with E-state index in [1.807, 2.05) is 6.92 Å². The Balaban J connectivity index is 3.10. The maximum atomic E-state index is 10.3. The highest BCUT2D eigenvalue weighted by Crippen LogP contribution is 2.08. The normalized spacial score (nSPS) is 13.1. The predicted octanol–water partition coefficient (Wildman–Crippen LogP) is 3.52.